The van der Waals surface area contributed by atoms with Crippen LogP contribution < -0.4 is 10.1 Å². The van der Waals surface area contributed by atoms with Crippen molar-refractivity contribution >= 4 is 17.5 Å². The van der Waals surface area contributed by atoms with Gasteiger partial charge < -0.3 is 10.1 Å². The molecule has 24 heavy (non-hydrogen) atoms. The molecule has 8 heteroatoms. The van der Waals surface area contributed by atoms with E-state index in [4.69, 9.17) is 16.3 Å². The first-order chi connectivity index (χ1) is 11.5. The zero-order chi connectivity index (χ0) is 17.1. The molecule has 0 fully saturated rings. The Hall–Kier alpha value is -2.15. The number of amides is 1. The molecular weight excluding hydrogens is 340 g/mol. The quantitative estimate of drug-likeness (QED) is 0.914. The number of rotatable bonds is 4. The number of carbonyl (C=O) groups excluding carboxylic acids is 1. The van der Waals surface area contributed by atoms with Gasteiger partial charge in [-0.15, -0.1) is 0 Å². The molecule has 128 valence electrons. The Morgan fingerprint density at radius 1 is 1.46 bits per heavy atom. The second-order valence-electron chi connectivity index (χ2n) is 5.49. The maximum absolute atomic E-state index is 12.4. The number of hydrogen-bond donors (Lipinski definition) is 1. The predicted octanol–water partition coefficient (Wildman–Crippen LogP) is 3.45. The Balaban J connectivity index is 1.77. The molecule has 2 heterocycles. The molecule has 0 radical (unpaired) electrons. The van der Waals surface area contributed by atoms with Gasteiger partial charge in [0.2, 0.25) is 0 Å². The van der Waals surface area contributed by atoms with E-state index in [1.807, 2.05) is 6.07 Å². The molecule has 5 nitrogen and oxygen atoms in total. The van der Waals surface area contributed by atoms with E-state index in [0.717, 1.165) is 16.7 Å². The van der Waals surface area contributed by atoms with E-state index < -0.39 is 18.9 Å². The van der Waals surface area contributed by atoms with Crippen molar-refractivity contribution in [2.24, 2.45) is 0 Å². The minimum absolute atomic E-state index is 0.101. The first-order valence-corrected chi connectivity index (χ1v) is 7.96. The number of carbonyl (C=O) groups is 1. The lowest BCUT2D eigenvalue weighted by atomic mass is 10.0. The lowest BCUT2D eigenvalue weighted by molar-refractivity contribution is 0.0924. The van der Waals surface area contributed by atoms with Crippen LogP contribution in [-0.2, 0) is 6.54 Å². The number of halogens is 3. The lowest BCUT2D eigenvalue weighted by Gasteiger charge is -2.18. The van der Waals surface area contributed by atoms with Crippen LogP contribution in [0.1, 0.15) is 34.9 Å². The Bertz CT molecular complexity index is 736. The molecule has 0 saturated heterocycles. The summed E-state index contributed by atoms with van der Waals surface area (Å²) in [5, 5.41) is 7.26. The Morgan fingerprint density at radius 2 is 2.29 bits per heavy atom. The summed E-state index contributed by atoms with van der Waals surface area (Å²) in [6.07, 6.45) is 0.295. The lowest BCUT2D eigenvalue weighted by Crippen LogP contribution is -2.29. The van der Waals surface area contributed by atoms with E-state index in [0.29, 0.717) is 23.8 Å². The highest BCUT2D eigenvalue weighted by Crippen LogP contribution is 2.36. The highest BCUT2D eigenvalue weighted by atomic mass is 35.5. The van der Waals surface area contributed by atoms with Crippen molar-refractivity contribution in [3.8, 4) is 5.75 Å². The van der Waals surface area contributed by atoms with Gasteiger partial charge >= 0.3 is 0 Å². The zero-order valence-electron chi connectivity index (χ0n) is 12.7. The molecule has 1 unspecified atom stereocenters. The fourth-order valence-corrected chi connectivity index (χ4v) is 2.91. The third-order valence-electron chi connectivity index (χ3n) is 3.76. The van der Waals surface area contributed by atoms with Gasteiger partial charge in [-0.2, -0.15) is 5.10 Å². The topological polar surface area (TPSA) is 56.1 Å². The Kier molecular flexibility index (Phi) is 4.99. The molecule has 1 N–H and O–H groups in total. The molecule has 1 aromatic heterocycles. The van der Waals surface area contributed by atoms with E-state index in [1.54, 1.807) is 12.1 Å². The van der Waals surface area contributed by atoms with E-state index in [9.17, 15) is 13.6 Å². The van der Waals surface area contributed by atoms with Crippen LogP contribution >= 0.6 is 11.6 Å². The summed E-state index contributed by atoms with van der Waals surface area (Å²) < 4.78 is 31.4. The summed E-state index contributed by atoms with van der Waals surface area (Å²) in [7, 11) is 0. The smallest absolute Gasteiger partial charge is 0.272 e. The van der Waals surface area contributed by atoms with Gasteiger partial charge in [-0.1, -0.05) is 23.7 Å². The van der Waals surface area contributed by atoms with Crippen molar-refractivity contribution in [2.45, 2.75) is 31.9 Å². The van der Waals surface area contributed by atoms with Gasteiger partial charge in [0.05, 0.1) is 17.7 Å². The number of alkyl halides is 2. The highest BCUT2D eigenvalue weighted by Gasteiger charge is 2.24. The standard InChI is InChI=1S/C16H16ClF2N3O2/c17-11-4-1-3-10-12(5-2-8-24-15(10)11)20-16(23)13-6-7-22(21-13)9-14(18)19/h1,3-4,6-7,12,14H,2,5,8-9H2,(H,20,23). The monoisotopic (exact) mass is 355 g/mol. The van der Waals surface area contributed by atoms with E-state index in [-0.39, 0.29) is 11.7 Å². The van der Waals surface area contributed by atoms with Gasteiger partial charge in [-0.25, -0.2) is 8.78 Å². The predicted molar refractivity (Wildman–Crippen MR) is 84.6 cm³/mol. The maximum Gasteiger partial charge on any atom is 0.272 e. The van der Waals surface area contributed by atoms with Crippen LogP contribution in [0.4, 0.5) is 8.78 Å². The molecule has 3 rings (SSSR count). The molecule has 2 aromatic rings. The van der Waals surface area contributed by atoms with E-state index >= 15 is 0 Å². The van der Waals surface area contributed by atoms with Crippen molar-refractivity contribution in [3.63, 3.8) is 0 Å². The van der Waals surface area contributed by atoms with Crippen LogP contribution in [0.15, 0.2) is 30.5 Å². The third kappa shape index (κ3) is 3.67. The van der Waals surface area contributed by atoms with Crippen molar-refractivity contribution in [2.75, 3.05) is 6.61 Å². The maximum atomic E-state index is 12.4. The van der Waals surface area contributed by atoms with Gasteiger partial charge in [-0.3, -0.25) is 9.48 Å². The molecule has 0 bridgehead atoms. The number of hydrogen-bond acceptors (Lipinski definition) is 3. The molecule has 0 aliphatic carbocycles. The summed E-state index contributed by atoms with van der Waals surface area (Å²) >= 11 is 6.16. The van der Waals surface area contributed by atoms with Gasteiger partial charge in [-0.05, 0) is 25.0 Å². The van der Waals surface area contributed by atoms with Crippen molar-refractivity contribution in [3.05, 3.63) is 46.7 Å². The molecular formula is C16H16ClF2N3O2. The number of fused-ring (bicyclic) bond motifs is 1. The van der Waals surface area contributed by atoms with Crippen LogP contribution in [0.2, 0.25) is 5.02 Å². The molecule has 1 aliphatic heterocycles. The van der Waals surface area contributed by atoms with Crippen LogP contribution in [0, 0.1) is 0 Å². The van der Waals surface area contributed by atoms with E-state index in [2.05, 4.69) is 10.4 Å². The number of aromatic nitrogens is 2. The van der Waals surface area contributed by atoms with Crippen LogP contribution in [0.25, 0.3) is 0 Å². The van der Waals surface area contributed by atoms with E-state index in [1.165, 1.54) is 12.3 Å². The molecule has 1 aromatic carbocycles. The second-order valence-corrected chi connectivity index (χ2v) is 5.90. The van der Waals surface area contributed by atoms with Crippen LogP contribution in [0.5, 0.6) is 5.75 Å². The van der Waals surface area contributed by atoms with Gasteiger partial charge in [0.15, 0.2) is 0 Å². The average molecular weight is 356 g/mol. The summed E-state index contributed by atoms with van der Waals surface area (Å²) in [4.78, 5) is 12.4. The van der Waals surface area contributed by atoms with Crippen molar-refractivity contribution < 1.29 is 18.3 Å². The largest absolute Gasteiger partial charge is 0.492 e. The number of benzene rings is 1. The second kappa shape index (κ2) is 7.17. The SMILES string of the molecule is O=C(NC1CCCOc2c(Cl)cccc21)c1ccn(CC(F)F)n1. The number of nitrogens with zero attached hydrogens (tertiary/aromatic N) is 2. The third-order valence-corrected chi connectivity index (χ3v) is 4.06. The van der Waals surface area contributed by atoms with Gasteiger partial charge in [0, 0.05) is 11.8 Å². The molecule has 0 spiro atoms. The first kappa shape index (κ1) is 16.7. The molecule has 0 saturated carbocycles. The van der Waals surface area contributed by atoms with Crippen molar-refractivity contribution in [1.82, 2.24) is 15.1 Å². The average Bonchev–Trinajstić information content (AvgIpc) is 2.89. The Morgan fingerprint density at radius 3 is 3.08 bits per heavy atom. The fourth-order valence-electron chi connectivity index (χ4n) is 2.68. The number of ether oxygens (including phenoxy) is 1. The zero-order valence-corrected chi connectivity index (χ0v) is 13.5. The first-order valence-electron chi connectivity index (χ1n) is 7.58. The Labute approximate surface area is 142 Å². The molecule has 1 amide bonds. The summed E-state index contributed by atoms with van der Waals surface area (Å²) in [6.45, 7) is -0.0187. The number of nitrogens with one attached hydrogen (secondary N) is 1. The van der Waals surface area contributed by atoms with Crippen LogP contribution in [-0.4, -0.2) is 28.7 Å². The minimum Gasteiger partial charge on any atom is -0.492 e. The summed E-state index contributed by atoms with van der Waals surface area (Å²) in [6, 6.07) is 6.54. The van der Waals surface area contributed by atoms with Crippen LogP contribution in [0.3, 0.4) is 0 Å². The summed E-state index contributed by atoms with van der Waals surface area (Å²) in [5.41, 5.74) is 0.907. The summed E-state index contributed by atoms with van der Waals surface area (Å²) in [5.74, 6) is 0.158. The fraction of sp³-hybridized carbons (Fsp3) is 0.375. The normalized spacial score (nSPS) is 17.1. The molecule has 1 atom stereocenters. The van der Waals surface area contributed by atoms with Gasteiger partial charge in [0.25, 0.3) is 12.3 Å². The van der Waals surface area contributed by atoms with Gasteiger partial charge in [0.1, 0.15) is 18.0 Å². The minimum atomic E-state index is -2.52. The number of para-hydroxylation sites is 1. The molecule has 1 aliphatic rings. The van der Waals surface area contributed by atoms with Crippen molar-refractivity contribution in [1.29, 1.82) is 0 Å². The highest BCUT2D eigenvalue weighted by molar-refractivity contribution is 6.32.